The minimum Gasteiger partial charge on any atom is -0.379 e. The molecule has 1 aliphatic carbocycles. The average Bonchev–Trinajstić information content (AvgIpc) is 2.52. The third-order valence-corrected chi connectivity index (χ3v) is 3.00. The van der Waals surface area contributed by atoms with E-state index >= 15 is 0 Å². The van der Waals surface area contributed by atoms with Gasteiger partial charge in [-0.2, -0.15) is 0 Å². The molecular formula is C10H20ClF2NO2. The Hall–Kier alpha value is 0.0300. The topological polar surface area (TPSA) is 44.5 Å². The van der Waals surface area contributed by atoms with Crippen molar-refractivity contribution in [2.24, 2.45) is 17.1 Å². The molecule has 0 radical (unpaired) electrons. The Morgan fingerprint density at radius 3 is 2.06 bits per heavy atom. The van der Waals surface area contributed by atoms with Gasteiger partial charge in [0.05, 0.1) is 32.3 Å². The lowest BCUT2D eigenvalue weighted by Crippen LogP contribution is -2.13. The zero-order chi connectivity index (χ0) is 11.5. The van der Waals surface area contributed by atoms with Gasteiger partial charge in [0.2, 0.25) is 0 Å². The summed E-state index contributed by atoms with van der Waals surface area (Å²) in [6, 6.07) is 0. The molecule has 0 saturated heterocycles. The number of alkyl halides is 2. The molecule has 1 fully saturated rings. The lowest BCUT2D eigenvalue weighted by molar-refractivity contribution is 0.0222. The largest absolute Gasteiger partial charge is 0.379 e. The first-order valence-corrected chi connectivity index (χ1v) is 5.18. The molecule has 0 bridgehead atoms. The molecule has 1 aliphatic rings. The van der Waals surface area contributed by atoms with Gasteiger partial charge in [-0.1, -0.05) is 13.8 Å². The molecule has 6 heteroatoms. The molecule has 0 aromatic carbocycles. The lowest BCUT2D eigenvalue weighted by Gasteiger charge is -2.04. The highest BCUT2D eigenvalue weighted by Crippen LogP contribution is 2.65. The number of halogens is 3. The highest BCUT2D eigenvalue weighted by molar-refractivity contribution is 5.85. The van der Waals surface area contributed by atoms with Gasteiger partial charge < -0.3 is 15.2 Å². The standard InChI is InChI=1S/C10H19F2NO2.ClH/c1-9(2)8(10(9,11)12)7-15-6-5-14-4-3-13;/h8H,3-7,13H2,1-2H3;1H. The molecule has 0 aromatic heterocycles. The maximum Gasteiger partial charge on any atom is 0.259 e. The molecule has 0 aliphatic heterocycles. The summed E-state index contributed by atoms with van der Waals surface area (Å²) in [5, 5.41) is 0. The second-order valence-electron chi connectivity index (χ2n) is 4.37. The number of hydrogen-bond acceptors (Lipinski definition) is 3. The van der Waals surface area contributed by atoms with Gasteiger partial charge in [-0.05, 0) is 0 Å². The third kappa shape index (κ3) is 3.26. The number of nitrogens with two attached hydrogens (primary N) is 1. The van der Waals surface area contributed by atoms with E-state index in [1.165, 1.54) is 0 Å². The van der Waals surface area contributed by atoms with E-state index in [1.54, 1.807) is 13.8 Å². The van der Waals surface area contributed by atoms with Crippen molar-refractivity contribution in [1.29, 1.82) is 0 Å². The third-order valence-electron chi connectivity index (χ3n) is 3.00. The molecule has 0 heterocycles. The van der Waals surface area contributed by atoms with Gasteiger partial charge in [-0.3, -0.25) is 0 Å². The monoisotopic (exact) mass is 259 g/mol. The van der Waals surface area contributed by atoms with E-state index in [0.29, 0.717) is 26.4 Å². The minimum atomic E-state index is -2.58. The van der Waals surface area contributed by atoms with Gasteiger partial charge in [-0.25, -0.2) is 8.78 Å². The molecule has 98 valence electrons. The van der Waals surface area contributed by atoms with Crippen molar-refractivity contribution in [3.8, 4) is 0 Å². The van der Waals surface area contributed by atoms with Gasteiger partial charge in [0.1, 0.15) is 0 Å². The summed E-state index contributed by atoms with van der Waals surface area (Å²) in [4.78, 5) is 0. The van der Waals surface area contributed by atoms with Crippen molar-refractivity contribution in [3.05, 3.63) is 0 Å². The van der Waals surface area contributed by atoms with Gasteiger partial charge in [0.25, 0.3) is 5.92 Å². The number of hydrogen-bond donors (Lipinski definition) is 1. The Labute approximate surface area is 101 Å². The minimum absolute atomic E-state index is 0. The number of ether oxygens (including phenoxy) is 2. The summed E-state index contributed by atoms with van der Waals surface area (Å²) in [5.41, 5.74) is 4.30. The van der Waals surface area contributed by atoms with Gasteiger partial charge in [0, 0.05) is 12.0 Å². The first-order chi connectivity index (χ1) is 6.94. The molecule has 3 nitrogen and oxygen atoms in total. The Balaban J connectivity index is 0.00000225. The first-order valence-electron chi connectivity index (χ1n) is 5.18. The van der Waals surface area contributed by atoms with Crippen LogP contribution in [0.2, 0.25) is 0 Å². The van der Waals surface area contributed by atoms with Crippen molar-refractivity contribution in [2.45, 2.75) is 19.8 Å². The van der Waals surface area contributed by atoms with Crippen LogP contribution < -0.4 is 5.73 Å². The summed E-state index contributed by atoms with van der Waals surface area (Å²) in [7, 11) is 0. The van der Waals surface area contributed by atoms with Crippen LogP contribution in [0.1, 0.15) is 13.8 Å². The summed E-state index contributed by atoms with van der Waals surface area (Å²) >= 11 is 0. The van der Waals surface area contributed by atoms with Crippen LogP contribution in [0.4, 0.5) is 8.78 Å². The molecule has 0 aromatic rings. The average molecular weight is 260 g/mol. The van der Waals surface area contributed by atoms with E-state index in [4.69, 9.17) is 15.2 Å². The van der Waals surface area contributed by atoms with Crippen molar-refractivity contribution in [1.82, 2.24) is 0 Å². The predicted molar refractivity (Wildman–Crippen MR) is 60.2 cm³/mol. The SMILES string of the molecule is CC1(C)C(COCCOCCN)C1(F)F.Cl. The molecule has 1 saturated carbocycles. The molecular weight excluding hydrogens is 240 g/mol. The zero-order valence-electron chi connectivity index (χ0n) is 9.67. The summed E-state index contributed by atoms with van der Waals surface area (Å²) in [5.74, 6) is -3.23. The summed E-state index contributed by atoms with van der Waals surface area (Å²) in [6.07, 6.45) is 0. The van der Waals surface area contributed by atoms with Crippen molar-refractivity contribution in [3.63, 3.8) is 0 Å². The molecule has 1 atom stereocenters. The fourth-order valence-electron chi connectivity index (χ4n) is 1.57. The fraction of sp³-hybridized carbons (Fsp3) is 1.00. The van der Waals surface area contributed by atoms with E-state index in [1.807, 2.05) is 0 Å². The van der Waals surface area contributed by atoms with E-state index in [9.17, 15) is 8.78 Å². The van der Waals surface area contributed by atoms with E-state index in [0.717, 1.165) is 0 Å². The maximum atomic E-state index is 13.1. The van der Waals surface area contributed by atoms with Crippen molar-refractivity contribution >= 4 is 12.4 Å². The van der Waals surface area contributed by atoms with Crippen LogP contribution in [0.5, 0.6) is 0 Å². The van der Waals surface area contributed by atoms with Crippen LogP contribution in [0.25, 0.3) is 0 Å². The van der Waals surface area contributed by atoms with E-state index < -0.39 is 17.3 Å². The van der Waals surface area contributed by atoms with Gasteiger partial charge >= 0.3 is 0 Å². The van der Waals surface area contributed by atoms with Crippen LogP contribution >= 0.6 is 12.4 Å². The van der Waals surface area contributed by atoms with E-state index in [2.05, 4.69) is 0 Å². The molecule has 2 N–H and O–H groups in total. The Morgan fingerprint density at radius 2 is 1.62 bits per heavy atom. The summed E-state index contributed by atoms with van der Waals surface area (Å²) < 4.78 is 36.3. The van der Waals surface area contributed by atoms with Crippen LogP contribution in [-0.2, 0) is 9.47 Å². The van der Waals surface area contributed by atoms with Crippen molar-refractivity contribution < 1.29 is 18.3 Å². The second-order valence-corrected chi connectivity index (χ2v) is 4.37. The van der Waals surface area contributed by atoms with Gasteiger partial charge in [0.15, 0.2) is 0 Å². The van der Waals surface area contributed by atoms with Crippen LogP contribution in [0.15, 0.2) is 0 Å². The summed E-state index contributed by atoms with van der Waals surface area (Å²) in [6.45, 7) is 4.94. The zero-order valence-corrected chi connectivity index (χ0v) is 10.5. The molecule has 0 spiro atoms. The Morgan fingerprint density at radius 1 is 1.12 bits per heavy atom. The Bertz CT molecular complexity index is 201. The highest BCUT2D eigenvalue weighted by atomic mass is 35.5. The van der Waals surface area contributed by atoms with Crippen LogP contribution in [0.3, 0.4) is 0 Å². The van der Waals surface area contributed by atoms with E-state index in [-0.39, 0.29) is 19.0 Å². The highest BCUT2D eigenvalue weighted by Gasteiger charge is 2.74. The quantitative estimate of drug-likeness (QED) is 0.708. The molecule has 16 heavy (non-hydrogen) atoms. The molecule has 1 unspecified atom stereocenters. The second kappa shape index (κ2) is 6.10. The number of rotatable bonds is 7. The molecule has 1 rings (SSSR count). The van der Waals surface area contributed by atoms with Gasteiger partial charge in [-0.15, -0.1) is 12.4 Å². The lowest BCUT2D eigenvalue weighted by atomic mass is 10.1. The molecule has 0 amide bonds. The predicted octanol–water partition coefficient (Wildman–Crippen LogP) is 1.69. The normalized spacial score (nSPS) is 24.9. The first kappa shape index (κ1) is 16.0. The van der Waals surface area contributed by atoms with Crippen LogP contribution in [-0.4, -0.2) is 38.9 Å². The fourth-order valence-corrected chi connectivity index (χ4v) is 1.57. The Kier molecular flexibility index (Phi) is 6.11. The van der Waals surface area contributed by atoms with Crippen molar-refractivity contribution in [2.75, 3.05) is 33.0 Å². The maximum absolute atomic E-state index is 13.1. The smallest absolute Gasteiger partial charge is 0.259 e. The van der Waals surface area contributed by atoms with Crippen LogP contribution in [0, 0.1) is 11.3 Å².